The van der Waals surface area contributed by atoms with Crippen molar-refractivity contribution in [2.75, 3.05) is 0 Å². The van der Waals surface area contributed by atoms with Crippen LogP contribution in [0.25, 0.3) is 0 Å². The molecule has 0 aliphatic carbocycles. The highest BCUT2D eigenvalue weighted by atomic mass is 79.9. The lowest BCUT2D eigenvalue weighted by Crippen LogP contribution is -2.09. The molecule has 2 aromatic heterocycles. The second kappa shape index (κ2) is 6.20. The molecule has 3 aromatic rings. The van der Waals surface area contributed by atoms with Crippen molar-refractivity contribution in [1.82, 2.24) is 9.97 Å². The number of nitrogens with one attached hydrogen (secondary N) is 2. The molecular weight excluding hydrogens is 352 g/mol. The van der Waals surface area contributed by atoms with E-state index < -0.39 is 0 Å². The lowest BCUT2D eigenvalue weighted by molar-refractivity contribution is 0.111. The molecule has 4 heteroatoms. The zero-order chi connectivity index (χ0) is 16.6. The van der Waals surface area contributed by atoms with Crippen LogP contribution in [0.5, 0.6) is 0 Å². The summed E-state index contributed by atoms with van der Waals surface area (Å²) < 4.78 is 0.946. The van der Waals surface area contributed by atoms with Gasteiger partial charge in [0.25, 0.3) is 0 Å². The second-order valence-corrected chi connectivity index (χ2v) is 6.85. The molecule has 0 fully saturated rings. The molecule has 0 saturated heterocycles. The molecule has 0 saturated carbocycles. The maximum Gasteiger partial charge on any atom is 0.166 e. The van der Waals surface area contributed by atoms with E-state index in [1.165, 1.54) is 22.3 Å². The number of benzene rings is 1. The maximum atomic E-state index is 11.1. The molecule has 1 aromatic carbocycles. The van der Waals surface area contributed by atoms with Gasteiger partial charge < -0.3 is 9.97 Å². The summed E-state index contributed by atoms with van der Waals surface area (Å²) >= 11 is 3.49. The number of hydrogen-bond donors (Lipinski definition) is 2. The number of aromatic nitrogens is 2. The van der Waals surface area contributed by atoms with Gasteiger partial charge in [0.2, 0.25) is 0 Å². The predicted octanol–water partition coefficient (Wildman–Crippen LogP) is 5.02. The molecule has 0 amide bonds. The average molecular weight is 371 g/mol. The molecule has 0 bridgehead atoms. The van der Waals surface area contributed by atoms with Crippen LogP contribution >= 0.6 is 15.9 Å². The highest BCUT2D eigenvalue weighted by Gasteiger charge is 2.23. The molecule has 1 atom stereocenters. The van der Waals surface area contributed by atoms with Crippen molar-refractivity contribution in [3.63, 3.8) is 0 Å². The van der Waals surface area contributed by atoms with Crippen LogP contribution in [-0.4, -0.2) is 16.3 Å². The van der Waals surface area contributed by atoms with Crippen LogP contribution in [0.4, 0.5) is 0 Å². The van der Waals surface area contributed by atoms with Crippen LogP contribution in [0.1, 0.15) is 50.0 Å². The van der Waals surface area contributed by atoms with Gasteiger partial charge in [-0.15, -0.1) is 0 Å². The first-order valence-electron chi connectivity index (χ1n) is 7.56. The monoisotopic (exact) mass is 370 g/mol. The fourth-order valence-corrected chi connectivity index (χ4v) is 3.71. The molecule has 0 aliphatic heterocycles. The quantitative estimate of drug-likeness (QED) is 0.622. The molecule has 0 aliphatic rings. The van der Waals surface area contributed by atoms with Gasteiger partial charge in [-0.1, -0.05) is 17.7 Å². The Morgan fingerprint density at radius 3 is 2.09 bits per heavy atom. The Morgan fingerprint density at radius 2 is 1.57 bits per heavy atom. The van der Waals surface area contributed by atoms with E-state index in [0.29, 0.717) is 5.69 Å². The number of halogens is 1. The number of aldehydes is 1. The summed E-state index contributed by atoms with van der Waals surface area (Å²) in [5, 5.41) is 0. The van der Waals surface area contributed by atoms with Gasteiger partial charge in [0.15, 0.2) is 6.29 Å². The lowest BCUT2D eigenvalue weighted by atomic mass is 9.85. The van der Waals surface area contributed by atoms with E-state index in [2.05, 4.69) is 64.9 Å². The number of rotatable bonds is 4. The van der Waals surface area contributed by atoms with Gasteiger partial charge in [0, 0.05) is 11.4 Å². The smallest absolute Gasteiger partial charge is 0.166 e. The molecular formula is C19H19BrN2O. The van der Waals surface area contributed by atoms with Crippen molar-refractivity contribution in [2.45, 2.75) is 26.7 Å². The normalized spacial score (nSPS) is 12.3. The number of H-pyrrole nitrogens is 2. The minimum atomic E-state index is 0.0376. The van der Waals surface area contributed by atoms with Gasteiger partial charge in [0.1, 0.15) is 0 Å². The van der Waals surface area contributed by atoms with Crippen LogP contribution in [0.3, 0.4) is 0 Å². The molecule has 3 rings (SSSR count). The van der Waals surface area contributed by atoms with Gasteiger partial charge in [-0.2, -0.15) is 0 Å². The van der Waals surface area contributed by atoms with Crippen molar-refractivity contribution < 1.29 is 4.79 Å². The molecule has 0 spiro atoms. The van der Waals surface area contributed by atoms with E-state index in [9.17, 15) is 4.79 Å². The molecule has 118 valence electrons. The molecule has 0 radical (unpaired) electrons. The summed E-state index contributed by atoms with van der Waals surface area (Å²) in [7, 11) is 0. The van der Waals surface area contributed by atoms with E-state index in [1.807, 2.05) is 18.2 Å². The fraction of sp³-hybridized carbons (Fsp3) is 0.211. The van der Waals surface area contributed by atoms with E-state index >= 15 is 0 Å². The van der Waals surface area contributed by atoms with Crippen molar-refractivity contribution in [3.05, 3.63) is 80.3 Å². The summed E-state index contributed by atoms with van der Waals surface area (Å²) in [6.07, 6.45) is 0.847. The Morgan fingerprint density at radius 1 is 0.957 bits per heavy atom. The van der Waals surface area contributed by atoms with Crippen LogP contribution in [0.15, 0.2) is 41.0 Å². The fourth-order valence-electron chi connectivity index (χ4n) is 3.34. The summed E-state index contributed by atoms with van der Waals surface area (Å²) in [6, 6.07) is 12.3. The third kappa shape index (κ3) is 3.04. The third-order valence-electron chi connectivity index (χ3n) is 4.18. The highest BCUT2D eigenvalue weighted by molar-refractivity contribution is 9.10. The SMILES string of the molecule is Cc1cc(C)c(C(c2ccc(Br)[nH]2)c2ccc(C=O)[nH]2)c(C)c1. The summed E-state index contributed by atoms with van der Waals surface area (Å²) in [5.74, 6) is 0.0376. The molecule has 1 unspecified atom stereocenters. The first-order chi connectivity index (χ1) is 11.0. The highest BCUT2D eigenvalue weighted by Crippen LogP contribution is 2.36. The first-order valence-corrected chi connectivity index (χ1v) is 8.35. The summed E-state index contributed by atoms with van der Waals surface area (Å²) in [4.78, 5) is 17.7. The van der Waals surface area contributed by atoms with Gasteiger partial charge in [-0.05, 0) is 77.7 Å². The average Bonchev–Trinajstić information content (AvgIpc) is 3.11. The maximum absolute atomic E-state index is 11.1. The van der Waals surface area contributed by atoms with Crippen molar-refractivity contribution in [2.24, 2.45) is 0 Å². The van der Waals surface area contributed by atoms with Gasteiger partial charge in [-0.3, -0.25) is 4.79 Å². The standard InChI is InChI=1S/C19H19BrN2O/c1-11-8-12(2)18(13(3)9-11)19(16-6-7-17(20)22-16)15-5-4-14(10-23)21-15/h4-10,19,21-22H,1-3H3. The number of aryl methyl sites for hydroxylation is 3. The van der Waals surface area contributed by atoms with Crippen LogP contribution in [-0.2, 0) is 0 Å². The van der Waals surface area contributed by atoms with E-state index in [0.717, 1.165) is 22.3 Å². The van der Waals surface area contributed by atoms with Gasteiger partial charge in [0.05, 0.1) is 16.2 Å². The summed E-state index contributed by atoms with van der Waals surface area (Å²) in [6.45, 7) is 6.40. The Hall–Kier alpha value is -2.07. The van der Waals surface area contributed by atoms with E-state index in [4.69, 9.17) is 0 Å². The van der Waals surface area contributed by atoms with Gasteiger partial charge in [-0.25, -0.2) is 0 Å². The van der Waals surface area contributed by atoms with E-state index in [-0.39, 0.29) is 5.92 Å². The molecule has 2 N–H and O–H groups in total. The zero-order valence-corrected chi connectivity index (χ0v) is 15.0. The Kier molecular flexibility index (Phi) is 4.26. The molecule has 23 heavy (non-hydrogen) atoms. The second-order valence-electron chi connectivity index (χ2n) is 5.99. The topological polar surface area (TPSA) is 48.6 Å². The predicted molar refractivity (Wildman–Crippen MR) is 96.3 cm³/mol. The Labute approximate surface area is 144 Å². The van der Waals surface area contributed by atoms with Crippen molar-refractivity contribution >= 4 is 22.2 Å². The van der Waals surface area contributed by atoms with Crippen LogP contribution < -0.4 is 0 Å². The number of hydrogen-bond acceptors (Lipinski definition) is 1. The zero-order valence-electron chi connectivity index (χ0n) is 13.4. The number of carbonyl (C=O) groups is 1. The lowest BCUT2D eigenvalue weighted by Gasteiger charge is -2.21. The third-order valence-corrected chi connectivity index (χ3v) is 4.64. The van der Waals surface area contributed by atoms with Crippen LogP contribution in [0.2, 0.25) is 0 Å². The minimum absolute atomic E-state index is 0.0376. The van der Waals surface area contributed by atoms with Crippen molar-refractivity contribution in [3.8, 4) is 0 Å². The van der Waals surface area contributed by atoms with Crippen LogP contribution in [0, 0.1) is 20.8 Å². The summed E-state index contributed by atoms with van der Waals surface area (Å²) in [5.41, 5.74) is 7.72. The van der Waals surface area contributed by atoms with Gasteiger partial charge >= 0.3 is 0 Å². The largest absolute Gasteiger partial charge is 0.355 e. The molecule has 2 heterocycles. The minimum Gasteiger partial charge on any atom is -0.355 e. The number of aromatic amines is 2. The van der Waals surface area contributed by atoms with Crippen molar-refractivity contribution in [1.29, 1.82) is 0 Å². The molecule has 3 nitrogen and oxygen atoms in total. The van der Waals surface area contributed by atoms with E-state index in [1.54, 1.807) is 0 Å². The Balaban J connectivity index is 2.22. The first kappa shape index (κ1) is 15.8. The number of carbonyl (C=O) groups excluding carboxylic acids is 1. The Bertz CT molecular complexity index is 837.